The van der Waals surface area contributed by atoms with Gasteiger partial charge in [0.15, 0.2) is 0 Å². The lowest BCUT2D eigenvalue weighted by molar-refractivity contribution is -0.138. The molecule has 0 saturated heterocycles. The lowest BCUT2D eigenvalue weighted by Crippen LogP contribution is -2.12. The molecule has 0 radical (unpaired) electrons. The third-order valence-corrected chi connectivity index (χ3v) is 5.75. The van der Waals surface area contributed by atoms with Crippen molar-refractivity contribution in [3.05, 3.63) is 100.0 Å². The van der Waals surface area contributed by atoms with Gasteiger partial charge in [-0.3, -0.25) is 9.97 Å². The van der Waals surface area contributed by atoms with E-state index in [4.69, 9.17) is 11.6 Å². The molecule has 0 aliphatic heterocycles. The SMILES string of the molecule is Oc1c(C(Cc2ccc(C(F)(F)F)cn2)c2ccc(Cl)c(C(F)(F)F)c2)ccc2cccnc12. The Morgan fingerprint density at radius 1 is 0.882 bits per heavy atom. The fourth-order valence-corrected chi connectivity index (χ4v) is 3.96. The maximum absolute atomic E-state index is 13.5. The highest BCUT2D eigenvalue weighted by Crippen LogP contribution is 2.41. The second-order valence-corrected chi connectivity index (χ2v) is 8.02. The third-order valence-electron chi connectivity index (χ3n) is 5.42. The van der Waals surface area contributed by atoms with Gasteiger partial charge in [-0.05, 0) is 35.9 Å². The fourth-order valence-electron chi connectivity index (χ4n) is 3.73. The quantitative estimate of drug-likeness (QED) is 0.299. The van der Waals surface area contributed by atoms with Crippen LogP contribution < -0.4 is 0 Å². The summed E-state index contributed by atoms with van der Waals surface area (Å²) in [5, 5.41) is 11.0. The number of benzene rings is 2. The van der Waals surface area contributed by atoms with E-state index in [0.29, 0.717) is 11.6 Å². The summed E-state index contributed by atoms with van der Waals surface area (Å²) in [4.78, 5) is 7.99. The van der Waals surface area contributed by atoms with E-state index in [2.05, 4.69) is 9.97 Å². The summed E-state index contributed by atoms with van der Waals surface area (Å²) in [5.41, 5.74) is -1.16. The van der Waals surface area contributed by atoms with Gasteiger partial charge in [0.2, 0.25) is 0 Å². The van der Waals surface area contributed by atoms with Crippen molar-refractivity contribution in [2.24, 2.45) is 0 Å². The lowest BCUT2D eigenvalue weighted by atomic mass is 9.85. The van der Waals surface area contributed by atoms with Crippen LogP contribution >= 0.6 is 11.6 Å². The zero-order valence-corrected chi connectivity index (χ0v) is 17.9. The van der Waals surface area contributed by atoms with Crippen LogP contribution in [0.5, 0.6) is 5.75 Å². The molecule has 2 heterocycles. The van der Waals surface area contributed by atoms with Crippen LogP contribution in [0.25, 0.3) is 10.9 Å². The number of alkyl halides is 6. The van der Waals surface area contributed by atoms with E-state index in [1.807, 2.05) is 0 Å². The predicted octanol–water partition coefficient (Wildman–Crippen LogP) is 7.40. The molecule has 0 amide bonds. The first-order chi connectivity index (χ1) is 15.9. The largest absolute Gasteiger partial charge is 0.505 e. The van der Waals surface area contributed by atoms with Gasteiger partial charge >= 0.3 is 12.4 Å². The summed E-state index contributed by atoms with van der Waals surface area (Å²) in [6.45, 7) is 0. The molecule has 2 aromatic heterocycles. The minimum atomic E-state index is -4.72. The predicted molar refractivity (Wildman–Crippen MR) is 115 cm³/mol. The molecule has 0 aliphatic rings. The number of phenolic OH excluding ortho intramolecular Hbond substituents is 1. The summed E-state index contributed by atoms with van der Waals surface area (Å²) in [6, 6.07) is 12.0. The van der Waals surface area contributed by atoms with Crippen molar-refractivity contribution in [2.75, 3.05) is 0 Å². The normalized spacial score (nSPS) is 13.3. The van der Waals surface area contributed by atoms with Gasteiger partial charge in [-0.15, -0.1) is 0 Å². The molecule has 10 heteroatoms. The molecule has 0 aliphatic carbocycles. The second-order valence-electron chi connectivity index (χ2n) is 7.61. The van der Waals surface area contributed by atoms with Crippen molar-refractivity contribution in [2.45, 2.75) is 24.7 Å². The first-order valence-corrected chi connectivity index (χ1v) is 10.3. The van der Waals surface area contributed by atoms with Crippen LogP contribution in [0.1, 0.15) is 33.9 Å². The Labute approximate surface area is 194 Å². The van der Waals surface area contributed by atoms with Crippen LogP contribution in [0.2, 0.25) is 5.02 Å². The van der Waals surface area contributed by atoms with Crippen LogP contribution in [0.3, 0.4) is 0 Å². The molecule has 0 spiro atoms. The van der Waals surface area contributed by atoms with Crippen LogP contribution in [-0.2, 0) is 18.8 Å². The summed E-state index contributed by atoms with van der Waals surface area (Å²) in [7, 11) is 0. The molecule has 1 unspecified atom stereocenters. The molecule has 34 heavy (non-hydrogen) atoms. The number of aromatic hydroxyl groups is 1. The molecular formula is C24H15ClF6N2O. The van der Waals surface area contributed by atoms with Gasteiger partial charge in [-0.1, -0.05) is 35.9 Å². The fraction of sp³-hybridized carbons (Fsp3) is 0.167. The number of aromatic nitrogens is 2. The number of hydrogen-bond acceptors (Lipinski definition) is 3. The molecule has 2 aromatic carbocycles. The smallest absolute Gasteiger partial charge is 0.417 e. The number of phenols is 1. The van der Waals surface area contributed by atoms with Crippen LogP contribution in [-0.4, -0.2) is 15.1 Å². The average molecular weight is 497 g/mol. The van der Waals surface area contributed by atoms with Gasteiger partial charge in [0.05, 0.1) is 16.1 Å². The number of pyridine rings is 2. The van der Waals surface area contributed by atoms with E-state index in [0.717, 1.165) is 24.3 Å². The molecule has 1 N–H and O–H groups in total. The molecule has 3 nitrogen and oxygen atoms in total. The van der Waals surface area contributed by atoms with E-state index in [-0.39, 0.29) is 34.5 Å². The van der Waals surface area contributed by atoms with Crippen LogP contribution in [0, 0.1) is 0 Å². The highest BCUT2D eigenvalue weighted by atomic mass is 35.5. The maximum Gasteiger partial charge on any atom is 0.417 e. The summed E-state index contributed by atoms with van der Waals surface area (Å²) in [6.07, 6.45) is -7.26. The van der Waals surface area contributed by atoms with E-state index < -0.39 is 34.4 Å². The molecule has 176 valence electrons. The molecule has 0 fully saturated rings. The zero-order chi connectivity index (χ0) is 24.7. The Bertz CT molecular complexity index is 1340. The summed E-state index contributed by atoms with van der Waals surface area (Å²) < 4.78 is 79.2. The summed E-state index contributed by atoms with van der Waals surface area (Å²) >= 11 is 5.76. The number of halogens is 7. The number of nitrogens with zero attached hydrogens (tertiary/aromatic N) is 2. The van der Waals surface area contributed by atoms with Crippen molar-refractivity contribution < 1.29 is 31.4 Å². The van der Waals surface area contributed by atoms with E-state index >= 15 is 0 Å². The molecule has 4 aromatic rings. The van der Waals surface area contributed by atoms with Crippen LogP contribution in [0.15, 0.2) is 67.0 Å². The van der Waals surface area contributed by atoms with Gasteiger partial charge in [0.1, 0.15) is 11.3 Å². The molecule has 0 saturated carbocycles. The van der Waals surface area contributed by atoms with Crippen LogP contribution in [0.4, 0.5) is 26.3 Å². The highest BCUT2D eigenvalue weighted by Gasteiger charge is 2.35. The van der Waals surface area contributed by atoms with E-state index in [1.165, 1.54) is 12.3 Å². The Morgan fingerprint density at radius 2 is 1.65 bits per heavy atom. The monoisotopic (exact) mass is 496 g/mol. The summed E-state index contributed by atoms with van der Waals surface area (Å²) in [5.74, 6) is -1.12. The van der Waals surface area contributed by atoms with E-state index in [9.17, 15) is 31.4 Å². The molecule has 4 rings (SSSR count). The molecule has 1 atom stereocenters. The zero-order valence-electron chi connectivity index (χ0n) is 17.1. The number of fused-ring (bicyclic) bond motifs is 1. The van der Waals surface area contributed by atoms with Crippen molar-refractivity contribution in [1.29, 1.82) is 0 Å². The Balaban J connectivity index is 1.85. The van der Waals surface area contributed by atoms with Crippen molar-refractivity contribution in [3.8, 4) is 5.75 Å². The Morgan fingerprint density at radius 3 is 2.29 bits per heavy atom. The first-order valence-electron chi connectivity index (χ1n) is 9.90. The molecular weight excluding hydrogens is 482 g/mol. The van der Waals surface area contributed by atoms with Crippen molar-refractivity contribution in [3.63, 3.8) is 0 Å². The van der Waals surface area contributed by atoms with E-state index in [1.54, 1.807) is 24.3 Å². The second kappa shape index (κ2) is 8.79. The Kier molecular flexibility index (Phi) is 6.16. The number of rotatable bonds is 4. The van der Waals surface area contributed by atoms with Gasteiger partial charge in [0, 0.05) is 41.4 Å². The van der Waals surface area contributed by atoms with Gasteiger partial charge < -0.3 is 5.11 Å². The maximum atomic E-state index is 13.5. The van der Waals surface area contributed by atoms with Gasteiger partial charge in [0.25, 0.3) is 0 Å². The minimum absolute atomic E-state index is 0.0804. The van der Waals surface area contributed by atoms with Gasteiger partial charge in [-0.25, -0.2) is 0 Å². The first kappa shape index (κ1) is 23.8. The van der Waals surface area contributed by atoms with Crippen molar-refractivity contribution in [1.82, 2.24) is 9.97 Å². The van der Waals surface area contributed by atoms with Crippen molar-refractivity contribution >= 4 is 22.5 Å². The average Bonchev–Trinajstić information content (AvgIpc) is 2.78. The highest BCUT2D eigenvalue weighted by molar-refractivity contribution is 6.31. The third kappa shape index (κ3) is 4.79. The standard InChI is InChI=1S/C24H15ClF6N2O/c25-20-8-4-14(10-19(20)24(29,30)31)18(11-16-6-5-15(12-33-16)23(26,27)28)17-7-3-13-2-1-9-32-21(13)22(17)34/h1-10,12,18,34H,11H2. The minimum Gasteiger partial charge on any atom is -0.505 e. The Hall–Kier alpha value is -3.33. The lowest BCUT2D eigenvalue weighted by Gasteiger charge is -2.21. The van der Waals surface area contributed by atoms with Gasteiger partial charge in [-0.2, -0.15) is 26.3 Å². The molecule has 0 bridgehead atoms. The topological polar surface area (TPSA) is 46.0 Å². The number of hydrogen-bond donors (Lipinski definition) is 1.